The molecule has 0 aromatic heterocycles. The van der Waals surface area contributed by atoms with E-state index in [1.54, 1.807) is 0 Å². The molecule has 0 aromatic rings. The molecule has 3 heteroatoms. The number of unbranched alkanes of at least 4 members (excludes halogenated alkanes) is 2. The number of nitrogens with zero attached hydrogens (tertiary/aromatic N) is 2. The number of alkyl halides is 1. The fraction of sp³-hybridized carbons (Fsp3) is 1.00. The molecule has 0 amide bonds. The molecule has 0 bridgehead atoms. The minimum atomic E-state index is 0.774. The third kappa shape index (κ3) is 5.15. The highest BCUT2D eigenvalue weighted by molar-refractivity contribution is 9.09. The lowest BCUT2D eigenvalue weighted by atomic mass is 10.2. The van der Waals surface area contributed by atoms with Gasteiger partial charge in [0.1, 0.15) is 0 Å². The number of rotatable bonds is 7. The molecule has 0 aromatic carbocycles. The summed E-state index contributed by atoms with van der Waals surface area (Å²) in [4.78, 5) is 5.27. The van der Waals surface area contributed by atoms with Crippen molar-refractivity contribution in [2.24, 2.45) is 0 Å². The lowest BCUT2D eigenvalue weighted by Crippen LogP contribution is -2.49. The Bertz CT molecular complexity index is 167. The molecule has 1 aliphatic heterocycles. The zero-order valence-corrected chi connectivity index (χ0v) is 12.5. The fourth-order valence-electron chi connectivity index (χ4n) is 2.29. The minimum Gasteiger partial charge on any atom is -0.301 e. The molecule has 1 aliphatic rings. The Morgan fingerprint density at radius 2 is 1.75 bits per heavy atom. The predicted molar refractivity (Wildman–Crippen MR) is 75.4 cm³/mol. The summed E-state index contributed by atoms with van der Waals surface area (Å²) in [7, 11) is 0. The van der Waals surface area contributed by atoms with Gasteiger partial charge in [0.05, 0.1) is 0 Å². The lowest BCUT2D eigenvalue weighted by Gasteiger charge is -2.37. The number of piperazine rings is 1. The van der Waals surface area contributed by atoms with Gasteiger partial charge in [-0.15, -0.1) is 0 Å². The highest BCUT2D eigenvalue weighted by atomic mass is 79.9. The summed E-state index contributed by atoms with van der Waals surface area (Å²) in [6, 6.07) is 0.774. The Labute approximate surface area is 109 Å². The van der Waals surface area contributed by atoms with Crippen molar-refractivity contribution in [1.29, 1.82) is 0 Å². The standard InChI is InChI=1S/C13H27BrN2/c1-3-13(2)16-11-9-15(10-12-16)8-6-4-5-7-14/h13H,3-12H2,1-2H3. The molecule has 1 heterocycles. The maximum atomic E-state index is 3.49. The normalized spacial score (nSPS) is 21.2. The van der Waals surface area contributed by atoms with Crippen LogP contribution in [0.15, 0.2) is 0 Å². The van der Waals surface area contributed by atoms with Crippen molar-refractivity contribution in [3.63, 3.8) is 0 Å². The first-order chi connectivity index (χ1) is 7.77. The van der Waals surface area contributed by atoms with Gasteiger partial charge in [-0.2, -0.15) is 0 Å². The maximum Gasteiger partial charge on any atom is 0.0113 e. The topological polar surface area (TPSA) is 6.48 Å². The largest absolute Gasteiger partial charge is 0.301 e. The first-order valence-electron chi connectivity index (χ1n) is 6.80. The molecule has 0 aliphatic carbocycles. The van der Waals surface area contributed by atoms with Crippen molar-refractivity contribution in [3.05, 3.63) is 0 Å². The van der Waals surface area contributed by atoms with Crippen LogP contribution in [0.5, 0.6) is 0 Å². The molecule has 16 heavy (non-hydrogen) atoms. The Kier molecular flexibility index (Phi) is 7.67. The second kappa shape index (κ2) is 8.48. The van der Waals surface area contributed by atoms with Crippen LogP contribution in [-0.4, -0.2) is 53.9 Å². The Morgan fingerprint density at radius 3 is 2.31 bits per heavy atom. The Morgan fingerprint density at radius 1 is 1.06 bits per heavy atom. The molecular formula is C13H27BrN2. The molecule has 1 fully saturated rings. The lowest BCUT2D eigenvalue weighted by molar-refractivity contribution is 0.0995. The van der Waals surface area contributed by atoms with E-state index in [2.05, 4.69) is 39.6 Å². The molecule has 0 spiro atoms. The van der Waals surface area contributed by atoms with Crippen molar-refractivity contribution in [1.82, 2.24) is 9.80 Å². The zero-order valence-electron chi connectivity index (χ0n) is 10.9. The molecule has 0 N–H and O–H groups in total. The molecule has 0 radical (unpaired) electrons. The molecular weight excluding hydrogens is 264 g/mol. The van der Waals surface area contributed by atoms with Crippen LogP contribution < -0.4 is 0 Å². The van der Waals surface area contributed by atoms with E-state index in [4.69, 9.17) is 0 Å². The van der Waals surface area contributed by atoms with E-state index < -0.39 is 0 Å². The minimum absolute atomic E-state index is 0.774. The van der Waals surface area contributed by atoms with Gasteiger partial charge in [0.25, 0.3) is 0 Å². The van der Waals surface area contributed by atoms with E-state index in [0.717, 1.165) is 11.4 Å². The third-order valence-electron chi connectivity index (χ3n) is 3.73. The average Bonchev–Trinajstić information content (AvgIpc) is 2.34. The second-order valence-corrected chi connectivity index (χ2v) is 5.68. The SMILES string of the molecule is CCC(C)N1CCN(CCCCCBr)CC1. The van der Waals surface area contributed by atoms with Gasteiger partial charge >= 0.3 is 0 Å². The number of halogens is 1. The molecule has 96 valence electrons. The van der Waals surface area contributed by atoms with Gasteiger partial charge in [-0.3, -0.25) is 4.90 Å². The highest BCUT2D eigenvalue weighted by Crippen LogP contribution is 2.09. The second-order valence-electron chi connectivity index (χ2n) is 4.88. The van der Waals surface area contributed by atoms with Crippen LogP contribution in [0.25, 0.3) is 0 Å². The van der Waals surface area contributed by atoms with Crippen LogP contribution in [0, 0.1) is 0 Å². The summed E-state index contributed by atoms with van der Waals surface area (Å²) >= 11 is 3.49. The van der Waals surface area contributed by atoms with Gasteiger partial charge in [0, 0.05) is 37.6 Å². The van der Waals surface area contributed by atoms with Crippen molar-refractivity contribution < 1.29 is 0 Å². The fourth-order valence-corrected chi connectivity index (χ4v) is 2.69. The van der Waals surface area contributed by atoms with Crippen LogP contribution in [0.2, 0.25) is 0 Å². The molecule has 1 saturated heterocycles. The van der Waals surface area contributed by atoms with Crippen LogP contribution in [-0.2, 0) is 0 Å². The van der Waals surface area contributed by atoms with Gasteiger partial charge in [-0.1, -0.05) is 29.3 Å². The zero-order chi connectivity index (χ0) is 11.8. The Balaban J connectivity index is 2.07. The first kappa shape index (κ1) is 14.5. The molecule has 1 atom stereocenters. The van der Waals surface area contributed by atoms with Crippen LogP contribution in [0.1, 0.15) is 39.5 Å². The summed E-state index contributed by atoms with van der Waals surface area (Å²) in [5.41, 5.74) is 0. The first-order valence-corrected chi connectivity index (χ1v) is 7.92. The number of hydrogen-bond acceptors (Lipinski definition) is 2. The summed E-state index contributed by atoms with van der Waals surface area (Å²) in [5, 5.41) is 1.16. The smallest absolute Gasteiger partial charge is 0.0113 e. The summed E-state index contributed by atoms with van der Waals surface area (Å²) in [6.07, 6.45) is 5.35. The van der Waals surface area contributed by atoms with Gasteiger partial charge in [0.2, 0.25) is 0 Å². The molecule has 0 saturated carbocycles. The monoisotopic (exact) mass is 290 g/mol. The Hall–Kier alpha value is 0.400. The average molecular weight is 291 g/mol. The quantitative estimate of drug-likeness (QED) is 0.525. The summed E-state index contributed by atoms with van der Waals surface area (Å²) < 4.78 is 0. The van der Waals surface area contributed by atoms with Gasteiger partial charge in [0.15, 0.2) is 0 Å². The van der Waals surface area contributed by atoms with E-state index in [9.17, 15) is 0 Å². The van der Waals surface area contributed by atoms with Crippen molar-refractivity contribution >= 4 is 15.9 Å². The van der Waals surface area contributed by atoms with E-state index >= 15 is 0 Å². The van der Waals surface area contributed by atoms with E-state index in [1.807, 2.05) is 0 Å². The predicted octanol–water partition coefficient (Wildman–Crippen LogP) is 2.97. The molecule has 2 nitrogen and oxygen atoms in total. The van der Waals surface area contributed by atoms with E-state index in [0.29, 0.717) is 0 Å². The molecule has 1 rings (SSSR count). The van der Waals surface area contributed by atoms with Crippen molar-refractivity contribution in [2.75, 3.05) is 38.1 Å². The van der Waals surface area contributed by atoms with Gasteiger partial charge in [-0.05, 0) is 32.7 Å². The highest BCUT2D eigenvalue weighted by Gasteiger charge is 2.19. The summed E-state index contributed by atoms with van der Waals surface area (Å²) in [6.45, 7) is 11.0. The maximum absolute atomic E-state index is 3.49. The summed E-state index contributed by atoms with van der Waals surface area (Å²) in [5.74, 6) is 0. The van der Waals surface area contributed by atoms with Gasteiger partial charge < -0.3 is 4.90 Å². The van der Waals surface area contributed by atoms with Gasteiger partial charge in [-0.25, -0.2) is 0 Å². The van der Waals surface area contributed by atoms with Crippen LogP contribution in [0.3, 0.4) is 0 Å². The number of hydrogen-bond donors (Lipinski definition) is 0. The van der Waals surface area contributed by atoms with Crippen molar-refractivity contribution in [3.8, 4) is 0 Å². The third-order valence-corrected chi connectivity index (χ3v) is 4.29. The van der Waals surface area contributed by atoms with E-state index in [-0.39, 0.29) is 0 Å². The van der Waals surface area contributed by atoms with Crippen LogP contribution in [0.4, 0.5) is 0 Å². The molecule has 1 unspecified atom stereocenters. The van der Waals surface area contributed by atoms with Crippen LogP contribution >= 0.6 is 15.9 Å². The van der Waals surface area contributed by atoms with E-state index in [1.165, 1.54) is 58.4 Å². The van der Waals surface area contributed by atoms with Crippen molar-refractivity contribution in [2.45, 2.75) is 45.6 Å².